The maximum Gasteiger partial charge on any atom is 0.251 e. The van der Waals surface area contributed by atoms with E-state index in [9.17, 15) is 14.0 Å². The predicted molar refractivity (Wildman–Crippen MR) is 107 cm³/mol. The number of rotatable bonds is 6. The van der Waals surface area contributed by atoms with Gasteiger partial charge < -0.3 is 10.6 Å². The van der Waals surface area contributed by atoms with Gasteiger partial charge in [-0.15, -0.1) is 0 Å². The van der Waals surface area contributed by atoms with E-state index in [0.29, 0.717) is 16.8 Å². The SMILES string of the molecule is Cc1ccc(NC(=O)C[C@H](NC(=O)c2ccccc2)c2ccccc2)cc1F. The van der Waals surface area contributed by atoms with Crippen LogP contribution in [0.15, 0.2) is 78.9 Å². The summed E-state index contributed by atoms with van der Waals surface area (Å²) >= 11 is 0. The summed E-state index contributed by atoms with van der Waals surface area (Å²) < 4.78 is 13.7. The fourth-order valence-corrected chi connectivity index (χ4v) is 2.84. The van der Waals surface area contributed by atoms with Crippen molar-refractivity contribution in [3.05, 3.63) is 101 Å². The molecule has 2 amide bonds. The summed E-state index contributed by atoms with van der Waals surface area (Å²) in [5.74, 6) is -0.955. The number of anilines is 1. The molecule has 0 radical (unpaired) electrons. The Labute approximate surface area is 163 Å². The van der Waals surface area contributed by atoms with E-state index in [1.54, 1.807) is 43.3 Å². The van der Waals surface area contributed by atoms with Crippen molar-refractivity contribution in [2.24, 2.45) is 0 Å². The number of carbonyl (C=O) groups is 2. The lowest BCUT2D eigenvalue weighted by molar-refractivity contribution is -0.116. The molecule has 1 atom stereocenters. The van der Waals surface area contributed by atoms with Crippen LogP contribution in [-0.2, 0) is 4.79 Å². The van der Waals surface area contributed by atoms with Gasteiger partial charge in [0.1, 0.15) is 5.82 Å². The van der Waals surface area contributed by atoms with Crippen LogP contribution >= 0.6 is 0 Å². The van der Waals surface area contributed by atoms with Crippen molar-refractivity contribution in [1.29, 1.82) is 0 Å². The first kappa shape index (κ1) is 19.3. The van der Waals surface area contributed by atoms with Crippen molar-refractivity contribution >= 4 is 17.5 Å². The molecule has 3 aromatic rings. The number of hydrogen-bond donors (Lipinski definition) is 2. The fourth-order valence-electron chi connectivity index (χ4n) is 2.84. The molecule has 0 fully saturated rings. The molecule has 0 aliphatic heterocycles. The second kappa shape index (κ2) is 8.95. The summed E-state index contributed by atoms with van der Waals surface area (Å²) in [7, 11) is 0. The fraction of sp³-hybridized carbons (Fsp3) is 0.130. The highest BCUT2D eigenvalue weighted by Crippen LogP contribution is 2.20. The highest BCUT2D eigenvalue weighted by molar-refractivity contribution is 5.95. The molecule has 0 saturated heterocycles. The summed E-state index contributed by atoms with van der Waals surface area (Å²) in [5, 5.41) is 5.61. The van der Waals surface area contributed by atoms with Gasteiger partial charge in [-0.05, 0) is 42.3 Å². The zero-order valence-electron chi connectivity index (χ0n) is 15.5. The van der Waals surface area contributed by atoms with E-state index in [4.69, 9.17) is 0 Å². The molecule has 142 valence electrons. The van der Waals surface area contributed by atoms with Crippen LogP contribution in [0.1, 0.15) is 33.9 Å². The van der Waals surface area contributed by atoms with Gasteiger partial charge in [0, 0.05) is 11.3 Å². The van der Waals surface area contributed by atoms with Crippen molar-refractivity contribution in [1.82, 2.24) is 5.32 Å². The molecular weight excluding hydrogens is 355 g/mol. The molecule has 0 aromatic heterocycles. The van der Waals surface area contributed by atoms with Gasteiger partial charge in [-0.3, -0.25) is 9.59 Å². The van der Waals surface area contributed by atoms with Crippen molar-refractivity contribution in [2.45, 2.75) is 19.4 Å². The first-order chi connectivity index (χ1) is 13.5. The maximum absolute atomic E-state index is 13.7. The van der Waals surface area contributed by atoms with E-state index in [0.717, 1.165) is 5.56 Å². The molecular formula is C23H21FN2O2. The smallest absolute Gasteiger partial charge is 0.251 e. The Morgan fingerprint density at radius 3 is 2.21 bits per heavy atom. The third-order valence-electron chi connectivity index (χ3n) is 4.39. The van der Waals surface area contributed by atoms with Crippen LogP contribution in [0.4, 0.5) is 10.1 Å². The predicted octanol–water partition coefficient (Wildman–Crippen LogP) is 4.63. The molecule has 0 spiro atoms. The lowest BCUT2D eigenvalue weighted by Crippen LogP contribution is -2.31. The number of carbonyl (C=O) groups excluding carboxylic acids is 2. The van der Waals surface area contributed by atoms with Gasteiger partial charge in [0.25, 0.3) is 5.91 Å². The minimum Gasteiger partial charge on any atom is -0.345 e. The quantitative estimate of drug-likeness (QED) is 0.659. The van der Waals surface area contributed by atoms with E-state index < -0.39 is 6.04 Å². The third kappa shape index (κ3) is 5.04. The van der Waals surface area contributed by atoms with Crippen molar-refractivity contribution in [3.8, 4) is 0 Å². The summed E-state index contributed by atoms with van der Waals surface area (Å²) in [5.41, 5.74) is 2.23. The lowest BCUT2D eigenvalue weighted by atomic mass is 10.0. The molecule has 3 aromatic carbocycles. The van der Waals surface area contributed by atoms with Crippen LogP contribution in [0.5, 0.6) is 0 Å². The molecule has 0 unspecified atom stereocenters. The van der Waals surface area contributed by atoms with Crippen LogP contribution in [0.2, 0.25) is 0 Å². The van der Waals surface area contributed by atoms with Crippen LogP contribution in [0.3, 0.4) is 0 Å². The molecule has 28 heavy (non-hydrogen) atoms. The number of hydrogen-bond acceptors (Lipinski definition) is 2. The minimum absolute atomic E-state index is 0.0259. The van der Waals surface area contributed by atoms with Crippen molar-refractivity contribution in [2.75, 3.05) is 5.32 Å². The van der Waals surface area contributed by atoms with Gasteiger partial charge in [-0.25, -0.2) is 4.39 Å². The maximum atomic E-state index is 13.7. The number of amides is 2. The van der Waals surface area contributed by atoms with Gasteiger partial charge in [-0.2, -0.15) is 0 Å². The lowest BCUT2D eigenvalue weighted by Gasteiger charge is -2.19. The van der Waals surface area contributed by atoms with E-state index in [2.05, 4.69) is 10.6 Å². The molecule has 4 nitrogen and oxygen atoms in total. The Bertz CT molecular complexity index is 959. The first-order valence-corrected chi connectivity index (χ1v) is 9.00. The number of nitrogens with one attached hydrogen (secondary N) is 2. The van der Waals surface area contributed by atoms with Gasteiger partial charge >= 0.3 is 0 Å². The molecule has 2 N–H and O–H groups in total. The third-order valence-corrected chi connectivity index (χ3v) is 4.39. The van der Waals surface area contributed by atoms with Crippen LogP contribution in [0.25, 0.3) is 0 Å². The van der Waals surface area contributed by atoms with Crippen molar-refractivity contribution in [3.63, 3.8) is 0 Å². The van der Waals surface area contributed by atoms with Gasteiger partial charge in [-0.1, -0.05) is 54.6 Å². The standard InChI is InChI=1S/C23H21FN2O2/c1-16-12-13-19(14-20(16)24)25-22(27)15-21(17-8-4-2-5-9-17)26-23(28)18-10-6-3-7-11-18/h2-14,21H,15H2,1H3,(H,25,27)(H,26,28)/t21-/m0/s1. The first-order valence-electron chi connectivity index (χ1n) is 9.00. The topological polar surface area (TPSA) is 58.2 Å². The second-order valence-electron chi connectivity index (χ2n) is 6.52. The molecule has 0 bridgehead atoms. The molecule has 0 saturated carbocycles. The van der Waals surface area contributed by atoms with Gasteiger partial charge in [0.05, 0.1) is 12.5 Å². The highest BCUT2D eigenvalue weighted by atomic mass is 19.1. The second-order valence-corrected chi connectivity index (χ2v) is 6.52. The number of aryl methyl sites for hydroxylation is 1. The normalized spacial score (nSPS) is 11.5. The monoisotopic (exact) mass is 376 g/mol. The summed E-state index contributed by atoms with van der Waals surface area (Å²) in [6, 6.07) is 22.1. The summed E-state index contributed by atoms with van der Waals surface area (Å²) in [4.78, 5) is 25.1. The number of halogens is 1. The largest absolute Gasteiger partial charge is 0.345 e. The Balaban J connectivity index is 1.74. The molecule has 3 rings (SSSR count). The average Bonchev–Trinajstić information content (AvgIpc) is 2.71. The van der Waals surface area contributed by atoms with E-state index >= 15 is 0 Å². The summed E-state index contributed by atoms with van der Waals surface area (Å²) in [6.07, 6.45) is 0.0259. The molecule has 5 heteroatoms. The molecule has 0 aliphatic carbocycles. The van der Waals surface area contributed by atoms with E-state index in [1.807, 2.05) is 36.4 Å². The van der Waals surface area contributed by atoms with Crippen molar-refractivity contribution < 1.29 is 14.0 Å². The molecule has 0 aliphatic rings. The highest BCUT2D eigenvalue weighted by Gasteiger charge is 2.19. The zero-order chi connectivity index (χ0) is 19.9. The van der Waals surface area contributed by atoms with Crippen LogP contribution < -0.4 is 10.6 Å². The van der Waals surface area contributed by atoms with Crippen LogP contribution in [-0.4, -0.2) is 11.8 Å². The zero-order valence-corrected chi connectivity index (χ0v) is 15.5. The average molecular weight is 376 g/mol. The number of benzene rings is 3. The van der Waals surface area contributed by atoms with E-state index in [-0.39, 0.29) is 24.1 Å². The Morgan fingerprint density at radius 2 is 1.57 bits per heavy atom. The summed E-state index contributed by atoms with van der Waals surface area (Å²) in [6.45, 7) is 1.66. The van der Waals surface area contributed by atoms with E-state index in [1.165, 1.54) is 6.07 Å². The Kier molecular flexibility index (Phi) is 6.17. The minimum atomic E-state index is -0.510. The Hall–Kier alpha value is -3.47. The van der Waals surface area contributed by atoms with Gasteiger partial charge in [0.2, 0.25) is 5.91 Å². The van der Waals surface area contributed by atoms with Gasteiger partial charge in [0.15, 0.2) is 0 Å². The van der Waals surface area contributed by atoms with Crippen LogP contribution in [0, 0.1) is 12.7 Å². The Morgan fingerprint density at radius 1 is 0.929 bits per heavy atom. The molecule has 0 heterocycles.